The number of benzene rings is 2. The minimum absolute atomic E-state index is 0.524. The van der Waals surface area contributed by atoms with Crippen molar-refractivity contribution in [2.75, 3.05) is 0 Å². The van der Waals surface area contributed by atoms with Crippen molar-refractivity contribution in [3.8, 4) is 0 Å². The second-order valence-corrected chi connectivity index (χ2v) is 4.78. The summed E-state index contributed by atoms with van der Waals surface area (Å²) < 4.78 is 0. The van der Waals surface area contributed by atoms with Crippen LogP contribution in [0.4, 0.5) is 0 Å². The molecule has 0 radical (unpaired) electrons. The highest BCUT2D eigenvalue weighted by Gasteiger charge is 2.11. The third-order valence-electron chi connectivity index (χ3n) is 3.37. The van der Waals surface area contributed by atoms with Crippen LogP contribution in [-0.2, 0) is 0 Å². The van der Waals surface area contributed by atoms with Gasteiger partial charge in [-0.15, -0.1) is 13.2 Å². The van der Waals surface area contributed by atoms with Gasteiger partial charge in [-0.3, -0.25) is 0 Å². The highest BCUT2D eigenvalue weighted by molar-refractivity contribution is 5.35. The van der Waals surface area contributed by atoms with E-state index in [9.17, 15) is 0 Å². The van der Waals surface area contributed by atoms with Gasteiger partial charge in [0.1, 0.15) is 0 Å². The quantitative estimate of drug-likeness (QED) is 0.619. The Labute approximate surface area is 117 Å². The Kier molecular flexibility index (Phi) is 6.08. The first-order valence-electron chi connectivity index (χ1n) is 6.84. The molecule has 0 atom stereocenters. The molecular formula is C19H24. The van der Waals surface area contributed by atoms with Gasteiger partial charge in [0.05, 0.1) is 0 Å². The molecule has 0 unspecified atom stereocenters. The monoisotopic (exact) mass is 252 g/mol. The summed E-state index contributed by atoms with van der Waals surface area (Å²) in [4.78, 5) is 0. The van der Waals surface area contributed by atoms with Crippen LogP contribution >= 0.6 is 0 Å². The van der Waals surface area contributed by atoms with Gasteiger partial charge in [-0.2, -0.15) is 0 Å². The molecule has 0 aromatic heterocycles. The fourth-order valence-corrected chi connectivity index (χ4v) is 2.26. The number of hydrogen-bond acceptors (Lipinski definition) is 0. The molecule has 2 aromatic rings. The van der Waals surface area contributed by atoms with Crippen LogP contribution < -0.4 is 0 Å². The Morgan fingerprint density at radius 3 is 1.32 bits per heavy atom. The van der Waals surface area contributed by atoms with Crippen LogP contribution in [0.2, 0.25) is 0 Å². The molecule has 100 valence electrons. The third-order valence-corrected chi connectivity index (χ3v) is 3.37. The van der Waals surface area contributed by atoms with Gasteiger partial charge in [0, 0.05) is 5.92 Å². The van der Waals surface area contributed by atoms with Gasteiger partial charge in [-0.25, -0.2) is 0 Å². The molecular weight excluding hydrogens is 228 g/mol. The second-order valence-electron chi connectivity index (χ2n) is 4.78. The second kappa shape index (κ2) is 7.58. The Hall–Kier alpha value is -1.82. The Morgan fingerprint density at radius 1 is 0.737 bits per heavy atom. The summed E-state index contributed by atoms with van der Waals surface area (Å²) in [7, 11) is 0. The molecule has 0 heterocycles. The lowest BCUT2D eigenvalue weighted by molar-refractivity contribution is 0.776. The Morgan fingerprint density at radius 2 is 1.05 bits per heavy atom. The minimum Gasteiger partial charge on any atom is -0.106 e. The van der Waals surface area contributed by atoms with E-state index >= 15 is 0 Å². The Bertz CT molecular complexity index is 431. The third kappa shape index (κ3) is 4.10. The van der Waals surface area contributed by atoms with Crippen molar-refractivity contribution >= 4 is 0 Å². The van der Waals surface area contributed by atoms with E-state index in [2.05, 4.69) is 82.5 Å². The first kappa shape index (κ1) is 15.2. The summed E-state index contributed by atoms with van der Waals surface area (Å²) in [5.74, 6) is 0.524. The molecule has 0 bridgehead atoms. The highest BCUT2D eigenvalue weighted by atomic mass is 14.1. The molecule has 0 saturated heterocycles. The summed E-state index contributed by atoms with van der Waals surface area (Å²) >= 11 is 0. The van der Waals surface area contributed by atoms with Crippen LogP contribution in [0.15, 0.2) is 61.7 Å². The largest absolute Gasteiger partial charge is 0.106 e. The molecule has 0 spiro atoms. The summed E-state index contributed by atoms with van der Waals surface area (Å²) in [5, 5.41) is 0. The van der Waals surface area contributed by atoms with Gasteiger partial charge >= 0.3 is 0 Å². The summed E-state index contributed by atoms with van der Waals surface area (Å²) in [6.07, 6.45) is 1.14. The molecule has 0 aliphatic rings. The maximum absolute atomic E-state index is 3.00. The molecule has 0 aliphatic carbocycles. The van der Waals surface area contributed by atoms with E-state index < -0.39 is 0 Å². The minimum atomic E-state index is 0.524. The van der Waals surface area contributed by atoms with E-state index in [1.54, 1.807) is 0 Å². The maximum Gasteiger partial charge on any atom is 0.00867 e. The van der Waals surface area contributed by atoms with Crippen molar-refractivity contribution in [3.05, 3.63) is 83.9 Å². The van der Waals surface area contributed by atoms with Crippen LogP contribution in [-0.4, -0.2) is 0 Å². The van der Waals surface area contributed by atoms with Crippen LogP contribution in [0, 0.1) is 13.8 Å². The zero-order valence-electron chi connectivity index (χ0n) is 12.3. The Balaban J connectivity index is 0.000000861. The van der Waals surface area contributed by atoms with Crippen molar-refractivity contribution in [2.24, 2.45) is 0 Å². The fourth-order valence-electron chi connectivity index (χ4n) is 2.26. The lowest BCUT2D eigenvalue weighted by atomic mass is 9.88. The van der Waals surface area contributed by atoms with Gasteiger partial charge in [-0.1, -0.05) is 66.6 Å². The van der Waals surface area contributed by atoms with Gasteiger partial charge in [0.25, 0.3) is 0 Å². The SMILES string of the molecule is C=C.CCC(c1ccc(C)cc1)c1ccc(C)cc1. The molecule has 0 aliphatic heterocycles. The molecule has 2 rings (SSSR count). The van der Waals surface area contributed by atoms with E-state index in [-0.39, 0.29) is 0 Å². The average Bonchev–Trinajstić information content (AvgIpc) is 2.46. The van der Waals surface area contributed by atoms with Gasteiger partial charge in [-0.05, 0) is 31.4 Å². The zero-order valence-corrected chi connectivity index (χ0v) is 12.3. The molecule has 0 amide bonds. The van der Waals surface area contributed by atoms with Crippen molar-refractivity contribution in [1.82, 2.24) is 0 Å². The summed E-state index contributed by atoms with van der Waals surface area (Å²) in [6.45, 7) is 12.5. The topological polar surface area (TPSA) is 0 Å². The molecule has 0 N–H and O–H groups in total. The maximum atomic E-state index is 3.00. The fraction of sp³-hybridized carbons (Fsp3) is 0.263. The van der Waals surface area contributed by atoms with Crippen molar-refractivity contribution in [3.63, 3.8) is 0 Å². The van der Waals surface area contributed by atoms with Crippen LogP contribution in [0.25, 0.3) is 0 Å². The van der Waals surface area contributed by atoms with Gasteiger partial charge in [0.15, 0.2) is 0 Å². The first-order chi connectivity index (χ1) is 9.20. The number of hydrogen-bond donors (Lipinski definition) is 0. The highest BCUT2D eigenvalue weighted by Crippen LogP contribution is 2.28. The van der Waals surface area contributed by atoms with E-state index in [0.717, 1.165) is 6.42 Å². The number of rotatable bonds is 3. The van der Waals surface area contributed by atoms with Crippen molar-refractivity contribution < 1.29 is 0 Å². The molecule has 0 nitrogen and oxygen atoms in total. The zero-order chi connectivity index (χ0) is 14.3. The lowest BCUT2D eigenvalue weighted by Gasteiger charge is -2.16. The summed E-state index contributed by atoms with van der Waals surface area (Å²) in [5.41, 5.74) is 5.49. The molecule has 19 heavy (non-hydrogen) atoms. The smallest absolute Gasteiger partial charge is 0.00867 e. The lowest BCUT2D eigenvalue weighted by Crippen LogP contribution is -1.99. The van der Waals surface area contributed by atoms with E-state index in [1.807, 2.05) is 0 Å². The van der Waals surface area contributed by atoms with Crippen LogP contribution in [0.1, 0.15) is 41.5 Å². The summed E-state index contributed by atoms with van der Waals surface area (Å²) in [6, 6.07) is 17.8. The van der Waals surface area contributed by atoms with Gasteiger partial charge in [0.2, 0.25) is 0 Å². The van der Waals surface area contributed by atoms with Crippen LogP contribution in [0.3, 0.4) is 0 Å². The first-order valence-corrected chi connectivity index (χ1v) is 6.84. The van der Waals surface area contributed by atoms with Gasteiger partial charge < -0.3 is 0 Å². The van der Waals surface area contributed by atoms with E-state index in [0.29, 0.717) is 5.92 Å². The standard InChI is InChI=1S/C17H20.C2H4/c1-4-17(15-9-5-13(2)6-10-15)16-11-7-14(3)8-12-16;1-2/h5-12,17H,4H2,1-3H3;1-2H2. The predicted octanol–water partition coefficient (Wildman–Crippen LogP) is 5.65. The molecule has 0 heteroatoms. The van der Waals surface area contributed by atoms with Crippen LogP contribution in [0.5, 0.6) is 0 Å². The normalized spacial score (nSPS) is 9.89. The predicted molar refractivity (Wildman–Crippen MR) is 85.7 cm³/mol. The number of aryl methyl sites for hydroxylation is 2. The molecule has 0 saturated carbocycles. The molecule has 2 aromatic carbocycles. The van der Waals surface area contributed by atoms with E-state index in [4.69, 9.17) is 0 Å². The van der Waals surface area contributed by atoms with Crippen molar-refractivity contribution in [2.45, 2.75) is 33.1 Å². The molecule has 0 fully saturated rings. The van der Waals surface area contributed by atoms with Crippen molar-refractivity contribution in [1.29, 1.82) is 0 Å². The average molecular weight is 252 g/mol. The van der Waals surface area contributed by atoms with E-state index in [1.165, 1.54) is 22.3 Å².